The molecule has 1 aliphatic rings. The molecular weight excluding hydrogens is 232 g/mol. The summed E-state index contributed by atoms with van der Waals surface area (Å²) in [6.07, 6.45) is 8.07. The molecule has 0 bridgehead atoms. The third-order valence-electron chi connectivity index (χ3n) is 4.63. The van der Waals surface area contributed by atoms with Crippen molar-refractivity contribution < 1.29 is 0 Å². The quantitative estimate of drug-likeness (QED) is 0.816. The van der Waals surface area contributed by atoms with E-state index in [9.17, 15) is 0 Å². The topological polar surface area (TPSA) is 29.3 Å². The molecule has 1 aromatic rings. The van der Waals surface area contributed by atoms with Gasteiger partial charge in [-0.25, -0.2) is 0 Å². The number of anilines is 1. The van der Waals surface area contributed by atoms with E-state index >= 15 is 0 Å². The van der Waals surface area contributed by atoms with E-state index < -0.39 is 0 Å². The second kappa shape index (κ2) is 6.95. The van der Waals surface area contributed by atoms with Gasteiger partial charge in [0.05, 0.1) is 0 Å². The number of hydrogen-bond donors (Lipinski definition) is 1. The highest BCUT2D eigenvalue weighted by molar-refractivity contribution is 5.46. The monoisotopic (exact) mass is 260 g/mol. The van der Waals surface area contributed by atoms with Crippen molar-refractivity contribution in [3.05, 3.63) is 30.3 Å². The minimum absolute atomic E-state index is 0.336. The molecule has 1 saturated carbocycles. The normalized spacial score (nSPS) is 18.8. The van der Waals surface area contributed by atoms with Gasteiger partial charge in [0.15, 0.2) is 0 Å². The average molecular weight is 260 g/mol. The van der Waals surface area contributed by atoms with Crippen molar-refractivity contribution in [1.29, 1.82) is 0 Å². The fourth-order valence-corrected chi connectivity index (χ4v) is 3.33. The van der Waals surface area contributed by atoms with Crippen LogP contribution in [0.4, 0.5) is 5.69 Å². The number of hydrogen-bond acceptors (Lipinski definition) is 2. The van der Waals surface area contributed by atoms with Crippen LogP contribution in [-0.2, 0) is 0 Å². The Labute approximate surface area is 118 Å². The lowest BCUT2D eigenvalue weighted by Crippen LogP contribution is -2.42. The summed E-state index contributed by atoms with van der Waals surface area (Å²) in [5, 5.41) is 0. The molecule has 2 rings (SSSR count). The maximum absolute atomic E-state index is 6.16. The zero-order valence-corrected chi connectivity index (χ0v) is 12.3. The van der Waals surface area contributed by atoms with Crippen molar-refractivity contribution in [2.45, 2.75) is 45.4 Å². The number of rotatable bonds is 5. The van der Waals surface area contributed by atoms with Gasteiger partial charge in [0, 0.05) is 24.2 Å². The van der Waals surface area contributed by atoms with Crippen molar-refractivity contribution in [3.63, 3.8) is 0 Å². The Hall–Kier alpha value is -1.02. The smallest absolute Gasteiger partial charge is 0.0366 e. The first-order valence-corrected chi connectivity index (χ1v) is 7.80. The molecule has 0 unspecified atom stereocenters. The van der Waals surface area contributed by atoms with E-state index in [2.05, 4.69) is 42.2 Å². The third-order valence-corrected chi connectivity index (χ3v) is 4.63. The zero-order chi connectivity index (χ0) is 13.6. The van der Waals surface area contributed by atoms with Gasteiger partial charge in [0.2, 0.25) is 0 Å². The van der Waals surface area contributed by atoms with Crippen LogP contribution >= 0.6 is 0 Å². The van der Waals surface area contributed by atoms with Crippen molar-refractivity contribution in [3.8, 4) is 0 Å². The summed E-state index contributed by atoms with van der Waals surface area (Å²) in [5.41, 5.74) is 7.83. The number of nitrogens with two attached hydrogens (primary N) is 1. The molecule has 1 aliphatic carbocycles. The third kappa shape index (κ3) is 3.73. The fraction of sp³-hybridized carbons (Fsp3) is 0.647. The van der Waals surface area contributed by atoms with Gasteiger partial charge in [0.1, 0.15) is 0 Å². The molecule has 0 aliphatic heterocycles. The predicted octanol–water partition coefficient (Wildman–Crippen LogP) is 3.81. The molecule has 0 heterocycles. The van der Waals surface area contributed by atoms with E-state index in [1.54, 1.807) is 0 Å². The molecule has 1 aromatic carbocycles. The average Bonchev–Trinajstić information content (AvgIpc) is 2.72. The molecule has 106 valence electrons. The minimum Gasteiger partial charge on any atom is -0.371 e. The van der Waals surface area contributed by atoms with Crippen molar-refractivity contribution in [2.24, 2.45) is 11.1 Å². The molecule has 19 heavy (non-hydrogen) atoms. The Morgan fingerprint density at radius 2 is 1.68 bits per heavy atom. The van der Waals surface area contributed by atoms with Crippen LogP contribution in [0.1, 0.15) is 45.4 Å². The molecule has 0 amide bonds. The fourth-order valence-electron chi connectivity index (χ4n) is 3.33. The van der Waals surface area contributed by atoms with E-state index in [4.69, 9.17) is 5.73 Å². The van der Waals surface area contributed by atoms with Crippen LogP contribution in [0.5, 0.6) is 0 Å². The van der Waals surface area contributed by atoms with Crippen LogP contribution in [0.3, 0.4) is 0 Å². The Kier molecular flexibility index (Phi) is 5.26. The molecule has 2 nitrogen and oxygen atoms in total. The van der Waals surface area contributed by atoms with Crippen molar-refractivity contribution in [2.75, 3.05) is 24.5 Å². The lowest BCUT2D eigenvalue weighted by molar-refractivity contribution is 0.259. The van der Waals surface area contributed by atoms with E-state index in [1.165, 1.54) is 44.2 Å². The summed E-state index contributed by atoms with van der Waals surface area (Å²) >= 11 is 0. The summed E-state index contributed by atoms with van der Waals surface area (Å²) in [7, 11) is 0. The van der Waals surface area contributed by atoms with Gasteiger partial charge in [-0.1, -0.05) is 43.9 Å². The van der Waals surface area contributed by atoms with E-state index in [-0.39, 0.29) is 0 Å². The molecule has 2 heteroatoms. The Morgan fingerprint density at radius 1 is 1.05 bits per heavy atom. The highest BCUT2D eigenvalue weighted by Gasteiger charge is 2.31. The van der Waals surface area contributed by atoms with Crippen LogP contribution in [0.25, 0.3) is 0 Å². The zero-order valence-electron chi connectivity index (χ0n) is 12.3. The summed E-state index contributed by atoms with van der Waals surface area (Å²) in [5.74, 6) is 0. The van der Waals surface area contributed by atoms with Crippen LogP contribution in [0.2, 0.25) is 0 Å². The minimum atomic E-state index is 0.336. The molecule has 0 saturated heterocycles. The highest BCUT2D eigenvalue weighted by Crippen LogP contribution is 2.35. The lowest BCUT2D eigenvalue weighted by Gasteiger charge is -2.38. The molecule has 0 spiro atoms. The van der Waals surface area contributed by atoms with Gasteiger partial charge in [-0.3, -0.25) is 0 Å². The highest BCUT2D eigenvalue weighted by atomic mass is 15.1. The summed E-state index contributed by atoms with van der Waals surface area (Å²) < 4.78 is 0. The first kappa shape index (κ1) is 14.4. The van der Waals surface area contributed by atoms with Gasteiger partial charge in [-0.15, -0.1) is 0 Å². The summed E-state index contributed by atoms with van der Waals surface area (Å²) in [6.45, 7) is 5.25. The first-order chi connectivity index (χ1) is 9.29. The molecule has 2 N–H and O–H groups in total. The SMILES string of the molecule is CCN(CC1(CN)CCCCCC1)c1ccccc1. The van der Waals surface area contributed by atoms with E-state index in [0.717, 1.165) is 19.6 Å². The number of nitrogens with zero attached hydrogens (tertiary/aromatic N) is 1. The second-order valence-corrected chi connectivity index (χ2v) is 5.97. The first-order valence-electron chi connectivity index (χ1n) is 7.80. The maximum Gasteiger partial charge on any atom is 0.0366 e. The van der Waals surface area contributed by atoms with Gasteiger partial charge in [-0.05, 0) is 38.4 Å². The van der Waals surface area contributed by atoms with Crippen LogP contribution < -0.4 is 10.6 Å². The molecule has 0 radical (unpaired) electrons. The maximum atomic E-state index is 6.16. The lowest BCUT2D eigenvalue weighted by atomic mass is 9.79. The van der Waals surface area contributed by atoms with Gasteiger partial charge in [0.25, 0.3) is 0 Å². The van der Waals surface area contributed by atoms with Crippen molar-refractivity contribution >= 4 is 5.69 Å². The molecule has 0 atom stereocenters. The van der Waals surface area contributed by atoms with Gasteiger partial charge >= 0.3 is 0 Å². The molecule has 1 fully saturated rings. The van der Waals surface area contributed by atoms with E-state index in [1.807, 2.05) is 0 Å². The van der Waals surface area contributed by atoms with Crippen LogP contribution in [0.15, 0.2) is 30.3 Å². The summed E-state index contributed by atoms with van der Waals surface area (Å²) in [4.78, 5) is 2.50. The number of benzene rings is 1. The largest absolute Gasteiger partial charge is 0.371 e. The molecule has 0 aromatic heterocycles. The van der Waals surface area contributed by atoms with E-state index in [0.29, 0.717) is 5.41 Å². The Morgan fingerprint density at radius 3 is 2.21 bits per heavy atom. The Balaban J connectivity index is 2.10. The Bertz CT molecular complexity index is 353. The second-order valence-electron chi connectivity index (χ2n) is 5.97. The van der Waals surface area contributed by atoms with Crippen LogP contribution in [0, 0.1) is 5.41 Å². The molecular formula is C17H28N2. The van der Waals surface area contributed by atoms with Gasteiger partial charge in [-0.2, -0.15) is 0 Å². The van der Waals surface area contributed by atoms with Crippen molar-refractivity contribution in [1.82, 2.24) is 0 Å². The number of para-hydroxylation sites is 1. The van der Waals surface area contributed by atoms with Gasteiger partial charge < -0.3 is 10.6 Å². The van der Waals surface area contributed by atoms with Crippen LogP contribution in [-0.4, -0.2) is 19.6 Å². The summed E-state index contributed by atoms with van der Waals surface area (Å²) in [6, 6.07) is 10.8. The standard InChI is InChI=1S/C17H28N2/c1-2-19(16-10-6-5-7-11-16)15-17(14-18)12-8-3-4-9-13-17/h5-7,10-11H,2-4,8-9,12-15,18H2,1H3. The predicted molar refractivity (Wildman–Crippen MR) is 83.5 cm³/mol.